The van der Waals surface area contributed by atoms with E-state index in [-0.39, 0.29) is 5.41 Å². The summed E-state index contributed by atoms with van der Waals surface area (Å²) in [7, 11) is 0. The number of para-hydroxylation sites is 1. The van der Waals surface area contributed by atoms with Crippen LogP contribution in [0.25, 0.3) is 0 Å². The van der Waals surface area contributed by atoms with Crippen LogP contribution in [0.4, 0.5) is 0 Å². The second-order valence-corrected chi connectivity index (χ2v) is 5.65. The van der Waals surface area contributed by atoms with Crippen molar-refractivity contribution in [3.05, 3.63) is 30.3 Å². The average molecular weight is 248 g/mol. The molecule has 0 N–H and O–H groups in total. The van der Waals surface area contributed by atoms with Gasteiger partial charge in [0.25, 0.3) is 0 Å². The summed E-state index contributed by atoms with van der Waals surface area (Å²) in [6.07, 6.45) is 3.71. The van der Waals surface area contributed by atoms with Gasteiger partial charge < -0.3 is 4.74 Å². The van der Waals surface area contributed by atoms with Gasteiger partial charge in [-0.25, -0.2) is 0 Å². The SMILES string of the molecule is CC(C)(C)C(=O)CCCCCOc1ccccc1. The van der Waals surface area contributed by atoms with E-state index in [4.69, 9.17) is 4.74 Å². The summed E-state index contributed by atoms with van der Waals surface area (Å²) in [5.74, 6) is 1.27. The van der Waals surface area contributed by atoms with Crippen molar-refractivity contribution < 1.29 is 9.53 Å². The molecule has 0 bridgehead atoms. The topological polar surface area (TPSA) is 26.3 Å². The fourth-order valence-corrected chi connectivity index (χ4v) is 1.65. The molecule has 0 aromatic heterocycles. The molecule has 100 valence electrons. The molecule has 18 heavy (non-hydrogen) atoms. The molecule has 0 unspecified atom stereocenters. The van der Waals surface area contributed by atoms with Crippen molar-refractivity contribution in [3.63, 3.8) is 0 Å². The van der Waals surface area contributed by atoms with Crippen molar-refractivity contribution in [3.8, 4) is 5.75 Å². The minimum Gasteiger partial charge on any atom is -0.494 e. The van der Waals surface area contributed by atoms with Crippen LogP contribution in [0.15, 0.2) is 30.3 Å². The van der Waals surface area contributed by atoms with E-state index < -0.39 is 0 Å². The highest BCUT2D eigenvalue weighted by Crippen LogP contribution is 2.18. The Labute approximate surface area is 110 Å². The smallest absolute Gasteiger partial charge is 0.138 e. The number of hydrogen-bond donors (Lipinski definition) is 0. The van der Waals surface area contributed by atoms with Crippen LogP contribution < -0.4 is 4.74 Å². The van der Waals surface area contributed by atoms with Gasteiger partial charge in [-0.1, -0.05) is 39.0 Å². The zero-order valence-electron chi connectivity index (χ0n) is 11.7. The molecular weight excluding hydrogens is 224 g/mol. The fraction of sp³-hybridized carbons (Fsp3) is 0.562. The molecule has 0 fully saturated rings. The van der Waals surface area contributed by atoms with Crippen molar-refractivity contribution in [2.24, 2.45) is 5.41 Å². The van der Waals surface area contributed by atoms with E-state index in [1.165, 1.54) is 0 Å². The highest BCUT2D eigenvalue weighted by atomic mass is 16.5. The van der Waals surface area contributed by atoms with Crippen molar-refractivity contribution in [1.82, 2.24) is 0 Å². The number of carbonyl (C=O) groups excluding carboxylic acids is 1. The van der Waals surface area contributed by atoms with Gasteiger partial charge in [0.15, 0.2) is 0 Å². The lowest BCUT2D eigenvalue weighted by molar-refractivity contribution is -0.126. The van der Waals surface area contributed by atoms with Gasteiger partial charge in [-0.3, -0.25) is 4.79 Å². The van der Waals surface area contributed by atoms with Crippen LogP contribution in [-0.2, 0) is 4.79 Å². The first-order chi connectivity index (χ1) is 8.50. The maximum absolute atomic E-state index is 11.7. The van der Waals surface area contributed by atoms with E-state index in [1.807, 2.05) is 51.1 Å². The first-order valence-corrected chi connectivity index (χ1v) is 6.71. The highest BCUT2D eigenvalue weighted by molar-refractivity contribution is 5.83. The van der Waals surface area contributed by atoms with Gasteiger partial charge in [0.05, 0.1) is 6.61 Å². The van der Waals surface area contributed by atoms with Gasteiger partial charge in [-0.05, 0) is 31.4 Å². The average Bonchev–Trinajstić information content (AvgIpc) is 2.33. The molecule has 0 atom stereocenters. The van der Waals surface area contributed by atoms with Gasteiger partial charge >= 0.3 is 0 Å². The number of Topliss-reactive ketones (excluding diaryl/α,β-unsaturated/α-hetero) is 1. The zero-order chi connectivity index (χ0) is 13.4. The number of ketones is 1. The summed E-state index contributed by atoms with van der Waals surface area (Å²) in [6.45, 7) is 6.67. The Morgan fingerprint density at radius 2 is 1.72 bits per heavy atom. The van der Waals surface area contributed by atoms with Gasteiger partial charge in [0.2, 0.25) is 0 Å². The molecule has 0 heterocycles. The number of ether oxygens (including phenoxy) is 1. The molecule has 0 aliphatic carbocycles. The summed E-state index contributed by atoms with van der Waals surface area (Å²) in [5, 5.41) is 0. The Morgan fingerprint density at radius 3 is 2.33 bits per heavy atom. The van der Waals surface area contributed by atoms with Crippen LogP contribution in [0.5, 0.6) is 5.75 Å². The quantitative estimate of drug-likeness (QED) is 0.675. The zero-order valence-corrected chi connectivity index (χ0v) is 11.7. The Balaban J connectivity index is 2.05. The third-order valence-corrected chi connectivity index (χ3v) is 2.90. The lowest BCUT2D eigenvalue weighted by Crippen LogP contribution is -2.19. The van der Waals surface area contributed by atoms with E-state index in [9.17, 15) is 4.79 Å². The third-order valence-electron chi connectivity index (χ3n) is 2.90. The van der Waals surface area contributed by atoms with Crippen LogP contribution in [0, 0.1) is 5.41 Å². The van der Waals surface area contributed by atoms with Crippen molar-refractivity contribution in [2.45, 2.75) is 46.5 Å². The lowest BCUT2D eigenvalue weighted by atomic mass is 9.88. The van der Waals surface area contributed by atoms with Gasteiger partial charge in [-0.15, -0.1) is 0 Å². The molecule has 0 amide bonds. The molecule has 0 saturated heterocycles. The van der Waals surface area contributed by atoms with Gasteiger partial charge in [-0.2, -0.15) is 0 Å². The number of rotatable bonds is 7. The predicted molar refractivity (Wildman–Crippen MR) is 74.9 cm³/mol. The Morgan fingerprint density at radius 1 is 1.06 bits per heavy atom. The normalized spacial score (nSPS) is 11.3. The molecule has 2 heteroatoms. The maximum atomic E-state index is 11.7. The maximum Gasteiger partial charge on any atom is 0.138 e. The number of unbranched alkanes of at least 4 members (excludes halogenated alkanes) is 2. The first-order valence-electron chi connectivity index (χ1n) is 6.71. The summed E-state index contributed by atoms with van der Waals surface area (Å²) in [5.41, 5.74) is -0.194. The van der Waals surface area contributed by atoms with Gasteiger partial charge in [0.1, 0.15) is 11.5 Å². The minimum atomic E-state index is -0.194. The molecular formula is C16H24O2. The van der Waals surface area contributed by atoms with Crippen LogP contribution in [0.1, 0.15) is 46.5 Å². The van der Waals surface area contributed by atoms with E-state index >= 15 is 0 Å². The Kier molecular flexibility index (Phi) is 5.90. The second kappa shape index (κ2) is 7.20. The monoisotopic (exact) mass is 248 g/mol. The van der Waals surface area contributed by atoms with E-state index in [2.05, 4.69) is 0 Å². The van der Waals surface area contributed by atoms with Gasteiger partial charge in [0, 0.05) is 11.8 Å². The van der Waals surface area contributed by atoms with E-state index in [1.54, 1.807) is 0 Å². The number of carbonyl (C=O) groups is 1. The summed E-state index contributed by atoms with van der Waals surface area (Å²) >= 11 is 0. The molecule has 0 aliphatic heterocycles. The third kappa shape index (κ3) is 5.85. The number of benzene rings is 1. The molecule has 1 rings (SSSR count). The van der Waals surface area contributed by atoms with E-state index in [0.29, 0.717) is 12.2 Å². The molecule has 0 spiro atoms. The standard InChI is InChI=1S/C16H24O2/c1-16(2,3)15(17)12-8-5-9-13-18-14-10-6-4-7-11-14/h4,6-7,10-11H,5,8-9,12-13H2,1-3H3. The van der Waals surface area contributed by atoms with E-state index in [0.717, 1.165) is 31.6 Å². The van der Waals surface area contributed by atoms with Crippen LogP contribution >= 0.6 is 0 Å². The molecule has 1 aromatic carbocycles. The summed E-state index contributed by atoms with van der Waals surface area (Å²) < 4.78 is 5.60. The number of hydrogen-bond acceptors (Lipinski definition) is 2. The minimum absolute atomic E-state index is 0.194. The highest BCUT2D eigenvalue weighted by Gasteiger charge is 2.19. The van der Waals surface area contributed by atoms with Crippen molar-refractivity contribution >= 4 is 5.78 Å². The molecule has 0 radical (unpaired) electrons. The predicted octanol–water partition coefficient (Wildman–Crippen LogP) is 4.24. The van der Waals surface area contributed by atoms with Crippen molar-refractivity contribution in [1.29, 1.82) is 0 Å². The largest absolute Gasteiger partial charge is 0.494 e. The van der Waals surface area contributed by atoms with Crippen LogP contribution in [0.2, 0.25) is 0 Å². The summed E-state index contributed by atoms with van der Waals surface area (Å²) in [6, 6.07) is 9.84. The molecule has 0 aliphatic rings. The second-order valence-electron chi connectivity index (χ2n) is 5.65. The van der Waals surface area contributed by atoms with Crippen molar-refractivity contribution in [2.75, 3.05) is 6.61 Å². The van der Waals surface area contributed by atoms with Crippen LogP contribution in [-0.4, -0.2) is 12.4 Å². The Hall–Kier alpha value is -1.31. The summed E-state index contributed by atoms with van der Waals surface area (Å²) in [4.78, 5) is 11.7. The fourth-order valence-electron chi connectivity index (χ4n) is 1.65. The molecule has 1 aromatic rings. The first kappa shape index (κ1) is 14.7. The van der Waals surface area contributed by atoms with Crippen LogP contribution in [0.3, 0.4) is 0 Å². The Bertz CT molecular complexity index is 349. The lowest BCUT2D eigenvalue weighted by Gasteiger charge is -2.16. The molecule has 0 saturated carbocycles. The molecule has 2 nitrogen and oxygen atoms in total.